The zero-order valence-corrected chi connectivity index (χ0v) is 12.5. The standard InChI is InChI=1S/C16H22N4O/c1-9(18-16(21)14-11-7-17-8-12(11)14)15-10-5-3-4-6-13(10)20(2)19-15/h3-6,9,11-12,14,16-18,21H,7-8H2,1-2H3/t9?,11-,12+,14?,16?. The first kappa shape index (κ1) is 13.2. The summed E-state index contributed by atoms with van der Waals surface area (Å²) in [5.41, 5.74) is 2.14. The van der Waals surface area contributed by atoms with Crippen LogP contribution in [0.4, 0.5) is 0 Å². The van der Waals surface area contributed by atoms with Crippen LogP contribution in [-0.4, -0.2) is 34.2 Å². The molecule has 3 unspecified atom stereocenters. The van der Waals surface area contributed by atoms with Gasteiger partial charge in [0.25, 0.3) is 0 Å². The van der Waals surface area contributed by atoms with Crippen molar-refractivity contribution in [2.75, 3.05) is 13.1 Å². The summed E-state index contributed by atoms with van der Waals surface area (Å²) in [4.78, 5) is 0. The number of para-hydroxylation sites is 1. The molecule has 0 radical (unpaired) electrons. The number of fused-ring (bicyclic) bond motifs is 2. The Morgan fingerprint density at radius 3 is 2.81 bits per heavy atom. The second-order valence-corrected chi connectivity index (χ2v) is 6.42. The number of nitrogens with one attached hydrogen (secondary N) is 2. The number of aromatic nitrogens is 2. The highest BCUT2D eigenvalue weighted by Gasteiger charge is 2.56. The van der Waals surface area contributed by atoms with Crippen LogP contribution in [0, 0.1) is 17.8 Å². The van der Waals surface area contributed by atoms with Gasteiger partial charge in [0.15, 0.2) is 0 Å². The molecule has 1 aliphatic carbocycles. The van der Waals surface area contributed by atoms with Crippen molar-refractivity contribution in [1.29, 1.82) is 0 Å². The molecule has 1 aromatic carbocycles. The highest BCUT2D eigenvalue weighted by Crippen LogP contribution is 2.50. The molecule has 1 aromatic heterocycles. The number of benzene rings is 1. The van der Waals surface area contributed by atoms with Crippen LogP contribution in [0.15, 0.2) is 24.3 Å². The van der Waals surface area contributed by atoms with Gasteiger partial charge in [-0.1, -0.05) is 18.2 Å². The smallest absolute Gasteiger partial charge is 0.108 e. The van der Waals surface area contributed by atoms with Gasteiger partial charge < -0.3 is 10.4 Å². The van der Waals surface area contributed by atoms with Crippen molar-refractivity contribution in [3.8, 4) is 0 Å². The molecule has 0 spiro atoms. The van der Waals surface area contributed by atoms with Crippen molar-refractivity contribution in [3.63, 3.8) is 0 Å². The number of hydrogen-bond acceptors (Lipinski definition) is 4. The minimum Gasteiger partial charge on any atom is -0.378 e. The van der Waals surface area contributed by atoms with E-state index in [0.717, 1.165) is 29.7 Å². The molecule has 5 nitrogen and oxygen atoms in total. The number of aryl methyl sites for hydroxylation is 1. The fourth-order valence-electron chi connectivity index (χ4n) is 3.94. The van der Waals surface area contributed by atoms with Crippen LogP contribution in [0.25, 0.3) is 10.9 Å². The first-order chi connectivity index (χ1) is 10.2. The molecule has 2 fully saturated rings. The van der Waals surface area contributed by atoms with E-state index >= 15 is 0 Å². The maximum atomic E-state index is 10.4. The number of rotatable bonds is 4. The zero-order valence-electron chi connectivity index (χ0n) is 12.5. The van der Waals surface area contributed by atoms with E-state index in [-0.39, 0.29) is 6.04 Å². The van der Waals surface area contributed by atoms with E-state index in [2.05, 4.69) is 34.8 Å². The Morgan fingerprint density at radius 1 is 1.33 bits per heavy atom. The Hall–Kier alpha value is -1.43. The van der Waals surface area contributed by atoms with Crippen molar-refractivity contribution in [1.82, 2.24) is 20.4 Å². The molecule has 1 saturated carbocycles. The second kappa shape index (κ2) is 4.80. The second-order valence-electron chi connectivity index (χ2n) is 6.42. The number of aliphatic hydroxyl groups excluding tert-OH is 1. The summed E-state index contributed by atoms with van der Waals surface area (Å²) in [7, 11) is 1.96. The van der Waals surface area contributed by atoms with Gasteiger partial charge in [0.2, 0.25) is 0 Å². The molecule has 0 bridgehead atoms. The van der Waals surface area contributed by atoms with Crippen molar-refractivity contribution < 1.29 is 5.11 Å². The lowest BCUT2D eigenvalue weighted by molar-refractivity contribution is 0.0898. The van der Waals surface area contributed by atoms with Gasteiger partial charge in [-0.05, 0) is 37.9 Å². The van der Waals surface area contributed by atoms with E-state index < -0.39 is 6.23 Å². The summed E-state index contributed by atoms with van der Waals surface area (Å²) in [6.07, 6.45) is -0.433. The molecule has 4 rings (SSSR count). The Morgan fingerprint density at radius 2 is 2.05 bits per heavy atom. The third-order valence-corrected chi connectivity index (χ3v) is 5.14. The Labute approximate surface area is 124 Å². The van der Waals surface area contributed by atoms with E-state index in [4.69, 9.17) is 0 Å². The number of nitrogens with zero attached hydrogens (tertiary/aromatic N) is 2. The van der Waals surface area contributed by atoms with Crippen LogP contribution in [0.1, 0.15) is 18.7 Å². The first-order valence-corrected chi connectivity index (χ1v) is 7.73. The maximum absolute atomic E-state index is 10.4. The van der Waals surface area contributed by atoms with Crippen molar-refractivity contribution >= 4 is 10.9 Å². The van der Waals surface area contributed by atoms with Crippen LogP contribution in [0.2, 0.25) is 0 Å². The van der Waals surface area contributed by atoms with Crippen LogP contribution >= 0.6 is 0 Å². The fourth-order valence-corrected chi connectivity index (χ4v) is 3.94. The zero-order chi connectivity index (χ0) is 14.6. The van der Waals surface area contributed by atoms with Gasteiger partial charge in [0, 0.05) is 18.4 Å². The van der Waals surface area contributed by atoms with Crippen molar-refractivity contribution in [2.45, 2.75) is 19.2 Å². The molecule has 2 aliphatic rings. The molecule has 2 heterocycles. The minimum absolute atomic E-state index is 0.0420. The van der Waals surface area contributed by atoms with Crippen LogP contribution in [0.3, 0.4) is 0 Å². The van der Waals surface area contributed by atoms with Gasteiger partial charge in [-0.2, -0.15) is 5.10 Å². The van der Waals surface area contributed by atoms with E-state index in [9.17, 15) is 5.11 Å². The van der Waals surface area contributed by atoms with E-state index in [0.29, 0.717) is 17.8 Å². The molecule has 3 N–H and O–H groups in total. The quantitative estimate of drug-likeness (QED) is 0.734. The van der Waals surface area contributed by atoms with E-state index in [1.807, 2.05) is 23.9 Å². The molecular weight excluding hydrogens is 264 g/mol. The summed E-state index contributed by atoms with van der Waals surface area (Å²) < 4.78 is 1.91. The molecule has 5 heteroatoms. The maximum Gasteiger partial charge on any atom is 0.108 e. The van der Waals surface area contributed by atoms with Crippen LogP contribution < -0.4 is 10.6 Å². The summed E-state index contributed by atoms with van der Waals surface area (Å²) in [6, 6.07) is 8.27. The first-order valence-electron chi connectivity index (χ1n) is 7.73. The highest BCUT2D eigenvalue weighted by molar-refractivity contribution is 5.82. The fraction of sp³-hybridized carbons (Fsp3) is 0.562. The molecule has 5 atom stereocenters. The number of piperidine rings is 1. The Kier molecular flexibility index (Phi) is 3.03. The third-order valence-electron chi connectivity index (χ3n) is 5.14. The monoisotopic (exact) mass is 286 g/mol. The molecule has 1 aliphatic heterocycles. The topological polar surface area (TPSA) is 62.1 Å². The molecular formula is C16H22N4O. The highest BCUT2D eigenvalue weighted by atomic mass is 16.3. The molecule has 1 saturated heterocycles. The van der Waals surface area contributed by atoms with Crippen molar-refractivity contribution in [3.05, 3.63) is 30.0 Å². The third kappa shape index (κ3) is 2.08. The van der Waals surface area contributed by atoms with Gasteiger partial charge in [0.05, 0.1) is 17.3 Å². The predicted molar refractivity (Wildman–Crippen MR) is 81.6 cm³/mol. The lowest BCUT2D eigenvalue weighted by Crippen LogP contribution is -2.36. The summed E-state index contributed by atoms with van der Waals surface area (Å²) >= 11 is 0. The lowest BCUT2D eigenvalue weighted by Gasteiger charge is -2.19. The molecule has 2 aromatic rings. The van der Waals surface area contributed by atoms with Gasteiger partial charge in [-0.15, -0.1) is 0 Å². The summed E-state index contributed by atoms with van der Waals surface area (Å²) in [5, 5.41) is 22.9. The van der Waals surface area contributed by atoms with Crippen molar-refractivity contribution in [2.24, 2.45) is 24.8 Å². The van der Waals surface area contributed by atoms with Crippen LogP contribution in [0.5, 0.6) is 0 Å². The average molecular weight is 286 g/mol. The minimum atomic E-state index is -0.433. The summed E-state index contributed by atoms with van der Waals surface area (Å²) in [6.45, 7) is 4.18. The average Bonchev–Trinajstić information content (AvgIpc) is 2.83. The van der Waals surface area contributed by atoms with E-state index in [1.165, 1.54) is 0 Å². The van der Waals surface area contributed by atoms with Gasteiger partial charge >= 0.3 is 0 Å². The van der Waals surface area contributed by atoms with Gasteiger partial charge in [-0.3, -0.25) is 10.00 Å². The summed E-state index contributed by atoms with van der Waals surface area (Å²) in [5.74, 6) is 1.71. The predicted octanol–water partition coefficient (Wildman–Crippen LogP) is 1.01. The SMILES string of the molecule is CC(NC(O)C1[C@H]2CNC[C@@H]12)c1nn(C)c2ccccc12. The lowest BCUT2D eigenvalue weighted by atomic mass is 10.1. The number of aliphatic hydroxyl groups is 1. The van der Waals surface area contributed by atoms with Gasteiger partial charge in [0.1, 0.15) is 6.23 Å². The Bertz CT molecular complexity index is 657. The van der Waals surface area contributed by atoms with E-state index in [1.54, 1.807) is 0 Å². The molecule has 112 valence electrons. The normalized spacial score (nSPS) is 30.3. The number of hydrogen-bond donors (Lipinski definition) is 3. The van der Waals surface area contributed by atoms with Crippen LogP contribution in [-0.2, 0) is 7.05 Å². The van der Waals surface area contributed by atoms with Gasteiger partial charge in [-0.25, -0.2) is 0 Å². The molecule has 0 amide bonds. The molecule has 21 heavy (non-hydrogen) atoms. The largest absolute Gasteiger partial charge is 0.378 e. The Balaban J connectivity index is 1.52.